The van der Waals surface area contributed by atoms with Crippen LogP contribution in [0.3, 0.4) is 0 Å². The second-order valence-corrected chi connectivity index (χ2v) is 9.87. The highest BCUT2D eigenvalue weighted by Crippen LogP contribution is 2.55. The van der Waals surface area contributed by atoms with E-state index in [1.165, 1.54) is 44.9 Å². The summed E-state index contributed by atoms with van der Waals surface area (Å²) < 4.78 is 34.0. The van der Waals surface area contributed by atoms with Crippen LogP contribution in [0.5, 0.6) is 0 Å². The fraction of sp³-hybridized carbons (Fsp3) is 0.920. The molecule has 0 radical (unpaired) electrons. The maximum absolute atomic E-state index is 14.4. The summed E-state index contributed by atoms with van der Waals surface area (Å²) in [5.74, 6) is 1.60. The Balaban J connectivity index is 1.45. The average molecular weight is 397 g/mol. The van der Waals surface area contributed by atoms with E-state index in [-0.39, 0.29) is 12.0 Å². The summed E-state index contributed by atoms with van der Waals surface area (Å²) in [5, 5.41) is 0. The lowest BCUT2D eigenvalue weighted by Crippen LogP contribution is -2.61. The Bertz CT molecular complexity index is 473. The van der Waals surface area contributed by atoms with E-state index in [0.717, 1.165) is 56.8 Å². The summed E-state index contributed by atoms with van der Waals surface area (Å²) >= 11 is 0. The van der Waals surface area contributed by atoms with Crippen molar-refractivity contribution < 1.29 is 13.5 Å². The number of ether oxygens (including phenoxy) is 1. The van der Waals surface area contributed by atoms with Crippen molar-refractivity contribution in [3.05, 3.63) is 12.2 Å². The van der Waals surface area contributed by atoms with Crippen molar-refractivity contribution in [1.29, 1.82) is 0 Å². The van der Waals surface area contributed by atoms with E-state index in [1.807, 2.05) is 0 Å². The summed E-state index contributed by atoms with van der Waals surface area (Å²) in [4.78, 5) is 0. The number of alkyl halides is 2. The molecule has 0 spiro atoms. The number of hydrogen-bond donors (Lipinski definition) is 0. The van der Waals surface area contributed by atoms with Gasteiger partial charge in [-0.05, 0) is 69.1 Å². The molecule has 0 N–H and O–H groups in total. The van der Waals surface area contributed by atoms with E-state index in [2.05, 4.69) is 26.0 Å². The summed E-state index contributed by atoms with van der Waals surface area (Å²) in [6, 6.07) is 0. The van der Waals surface area contributed by atoms with Gasteiger partial charge in [-0.25, -0.2) is 0 Å². The molecule has 28 heavy (non-hydrogen) atoms. The highest BCUT2D eigenvalue weighted by molar-refractivity contribution is 4.98. The molecule has 1 aliphatic heterocycles. The van der Waals surface area contributed by atoms with Crippen molar-refractivity contribution in [3.8, 4) is 0 Å². The highest BCUT2D eigenvalue weighted by Gasteiger charge is 2.62. The molecule has 2 aliphatic carbocycles. The van der Waals surface area contributed by atoms with Gasteiger partial charge in [-0.3, -0.25) is 0 Å². The molecular weight excluding hydrogens is 354 g/mol. The number of allylic oxidation sites excluding steroid dienone is 2. The van der Waals surface area contributed by atoms with Gasteiger partial charge in [-0.2, -0.15) is 8.78 Å². The highest BCUT2D eigenvalue weighted by atomic mass is 19.3. The minimum atomic E-state index is -2.87. The number of rotatable bonds is 9. The van der Waals surface area contributed by atoms with Crippen LogP contribution in [-0.4, -0.2) is 12.2 Å². The van der Waals surface area contributed by atoms with E-state index in [0.29, 0.717) is 5.92 Å². The fourth-order valence-corrected chi connectivity index (χ4v) is 6.21. The van der Waals surface area contributed by atoms with Crippen LogP contribution in [0.15, 0.2) is 12.2 Å². The second kappa shape index (κ2) is 10.5. The van der Waals surface area contributed by atoms with E-state index in [9.17, 15) is 8.78 Å². The zero-order valence-electron chi connectivity index (χ0n) is 18.2. The van der Waals surface area contributed by atoms with E-state index >= 15 is 0 Å². The molecule has 0 unspecified atom stereocenters. The van der Waals surface area contributed by atoms with Gasteiger partial charge in [-0.1, -0.05) is 70.4 Å². The average Bonchev–Trinajstić information content (AvgIpc) is 2.69. The van der Waals surface area contributed by atoms with Crippen LogP contribution in [0.25, 0.3) is 0 Å². The van der Waals surface area contributed by atoms with Gasteiger partial charge >= 0.3 is 6.11 Å². The van der Waals surface area contributed by atoms with Crippen LogP contribution in [0.1, 0.15) is 104 Å². The predicted octanol–water partition coefficient (Wildman–Crippen LogP) is 8.14. The topological polar surface area (TPSA) is 9.23 Å². The largest absolute Gasteiger partial charge is 0.361 e. The van der Waals surface area contributed by atoms with Gasteiger partial charge in [0.1, 0.15) is 0 Å². The second-order valence-electron chi connectivity index (χ2n) is 9.87. The normalized spacial score (nSPS) is 38.4. The summed E-state index contributed by atoms with van der Waals surface area (Å²) in [5.41, 5.74) is 0. The van der Waals surface area contributed by atoms with Crippen LogP contribution in [0.4, 0.5) is 8.78 Å². The van der Waals surface area contributed by atoms with E-state index in [4.69, 9.17) is 4.74 Å². The zero-order valence-corrected chi connectivity index (χ0v) is 18.2. The molecule has 3 rings (SSSR count). The standard InChI is InChI=1S/C25H42F2O/c1-3-5-7-9-19-11-15-21(16-12-19)23-24(28-25(23,26)27)22-17-13-20(14-18-22)10-8-6-4-2/h3,5,19-24H,4,6-18H2,1-2H3/b5-3+/t19-,20?,21-,22?,23-,24-/m0/s1. The van der Waals surface area contributed by atoms with Crippen LogP contribution < -0.4 is 0 Å². The first kappa shape index (κ1) is 22.2. The Hall–Kier alpha value is -0.440. The Kier molecular flexibility index (Phi) is 8.38. The number of hydrogen-bond acceptors (Lipinski definition) is 1. The number of halogens is 2. The van der Waals surface area contributed by atoms with Gasteiger partial charge in [0.25, 0.3) is 0 Å². The molecule has 3 aliphatic rings. The molecule has 0 aromatic heterocycles. The fourth-order valence-electron chi connectivity index (χ4n) is 6.21. The molecule has 162 valence electrons. The molecule has 0 aromatic rings. The molecule has 3 fully saturated rings. The molecule has 0 bridgehead atoms. The monoisotopic (exact) mass is 396 g/mol. The summed E-state index contributed by atoms with van der Waals surface area (Å²) in [6.07, 6.45) is 17.8. The van der Waals surface area contributed by atoms with Crippen molar-refractivity contribution in [2.24, 2.45) is 29.6 Å². The minimum Gasteiger partial charge on any atom is -0.316 e. The maximum Gasteiger partial charge on any atom is 0.361 e. The van der Waals surface area contributed by atoms with Gasteiger partial charge < -0.3 is 4.74 Å². The molecular formula is C25H42F2O. The smallest absolute Gasteiger partial charge is 0.316 e. The molecule has 0 amide bonds. The van der Waals surface area contributed by atoms with Gasteiger partial charge in [-0.15, -0.1) is 0 Å². The SMILES string of the molecule is C/C=C/CC[C@H]1CC[C@H]([C@H]2[C@H](C3CCC(CCCCC)CC3)OC2(F)F)CC1. The Labute approximate surface area is 171 Å². The van der Waals surface area contributed by atoms with Crippen molar-refractivity contribution in [2.45, 2.75) is 116 Å². The molecule has 1 nitrogen and oxygen atoms in total. The zero-order chi connectivity index (χ0) is 20.0. The van der Waals surface area contributed by atoms with Crippen molar-refractivity contribution in [3.63, 3.8) is 0 Å². The first-order valence-corrected chi connectivity index (χ1v) is 12.2. The Morgan fingerprint density at radius 1 is 0.857 bits per heavy atom. The predicted molar refractivity (Wildman–Crippen MR) is 112 cm³/mol. The third kappa shape index (κ3) is 5.58. The molecule has 3 heteroatoms. The van der Waals surface area contributed by atoms with Gasteiger partial charge in [0.15, 0.2) is 0 Å². The van der Waals surface area contributed by atoms with Gasteiger partial charge in [0, 0.05) is 0 Å². The lowest BCUT2D eigenvalue weighted by atomic mass is 9.65. The molecule has 2 atom stereocenters. The van der Waals surface area contributed by atoms with Crippen LogP contribution in [0, 0.1) is 29.6 Å². The van der Waals surface area contributed by atoms with E-state index < -0.39 is 12.0 Å². The lowest BCUT2D eigenvalue weighted by Gasteiger charge is -2.53. The van der Waals surface area contributed by atoms with Crippen molar-refractivity contribution >= 4 is 0 Å². The van der Waals surface area contributed by atoms with Crippen LogP contribution >= 0.6 is 0 Å². The summed E-state index contributed by atoms with van der Waals surface area (Å²) in [7, 11) is 0. The van der Waals surface area contributed by atoms with Gasteiger partial charge in [0.2, 0.25) is 0 Å². The Morgan fingerprint density at radius 3 is 2.04 bits per heavy atom. The molecule has 1 heterocycles. The third-order valence-electron chi connectivity index (χ3n) is 7.98. The van der Waals surface area contributed by atoms with Crippen molar-refractivity contribution in [2.75, 3.05) is 0 Å². The van der Waals surface area contributed by atoms with Crippen LogP contribution in [0.2, 0.25) is 0 Å². The van der Waals surface area contributed by atoms with Gasteiger partial charge in [0.05, 0.1) is 12.0 Å². The minimum absolute atomic E-state index is 0.170. The molecule has 2 saturated carbocycles. The van der Waals surface area contributed by atoms with E-state index in [1.54, 1.807) is 0 Å². The number of unbranched alkanes of at least 4 members (excludes halogenated alkanes) is 2. The summed E-state index contributed by atoms with van der Waals surface area (Å²) in [6.45, 7) is 4.31. The molecule has 0 aromatic carbocycles. The first-order chi connectivity index (χ1) is 13.5. The van der Waals surface area contributed by atoms with Crippen molar-refractivity contribution in [1.82, 2.24) is 0 Å². The van der Waals surface area contributed by atoms with Crippen LogP contribution in [-0.2, 0) is 4.74 Å². The lowest BCUT2D eigenvalue weighted by molar-refractivity contribution is -0.418. The first-order valence-electron chi connectivity index (χ1n) is 12.2. The maximum atomic E-state index is 14.4. The quantitative estimate of drug-likeness (QED) is 0.282. The Morgan fingerprint density at radius 2 is 1.46 bits per heavy atom. The molecule has 1 saturated heterocycles. The third-order valence-corrected chi connectivity index (χ3v) is 7.98.